The number of hydrogen-bond acceptors (Lipinski definition) is 4. The minimum atomic E-state index is -0.124. The molecule has 1 amide bonds. The van der Waals surface area contributed by atoms with Gasteiger partial charge in [0.2, 0.25) is 5.91 Å². The van der Waals surface area contributed by atoms with E-state index in [1.807, 2.05) is 6.07 Å². The van der Waals surface area contributed by atoms with Gasteiger partial charge in [-0.3, -0.25) is 9.78 Å². The quantitative estimate of drug-likeness (QED) is 0.907. The predicted octanol–water partition coefficient (Wildman–Crippen LogP) is 2.28. The first-order chi connectivity index (χ1) is 9.72. The molecule has 0 atom stereocenters. The SMILES string of the molecule is COc1ccc(NC(=O)Cc2cccnc2)c(OC)c1. The zero-order chi connectivity index (χ0) is 14.4. The van der Waals surface area contributed by atoms with Crippen molar-refractivity contribution in [2.45, 2.75) is 6.42 Å². The molecule has 0 aliphatic rings. The van der Waals surface area contributed by atoms with Crippen molar-refractivity contribution >= 4 is 11.6 Å². The second-order valence-corrected chi connectivity index (χ2v) is 4.15. The summed E-state index contributed by atoms with van der Waals surface area (Å²) < 4.78 is 10.3. The number of nitrogens with one attached hydrogen (secondary N) is 1. The molecule has 0 saturated heterocycles. The number of carbonyl (C=O) groups excluding carboxylic acids is 1. The lowest BCUT2D eigenvalue weighted by molar-refractivity contribution is -0.115. The second-order valence-electron chi connectivity index (χ2n) is 4.15. The van der Waals surface area contributed by atoms with Gasteiger partial charge in [0.15, 0.2) is 0 Å². The maximum Gasteiger partial charge on any atom is 0.228 e. The summed E-state index contributed by atoms with van der Waals surface area (Å²) in [6.07, 6.45) is 3.61. The van der Waals surface area contributed by atoms with Crippen LogP contribution in [0.3, 0.4) is 0 Å². The molecule has 0 radical (unpaired) electrons. The Balaban J connectivity index is 2.07. The zero-order valence-electron chi connectivity index (χ0n) is 11.4. The number of nitrogens with zero attached hydrogens (tertiary/aromatic N) is 1. The van der Waals surface area contributed by atoms with Gasteiger partial charge in [0.05, 0.1) is 26.3 Å². The van der Waals surface area contributed by atoms with Crippen molar-refractivity contribution in [2.24, 2.45) is 0 Å². The van der Waals surface area contributed by atoms with Crippen molar-refractivity contribution in [3.05, 3.63) is 48.3 Å². The largest absolute Gasteiger partial charge is 0.497 e. The molecule has 0 bridgehead atoms. The van der Waals surface area contributed by atoms with E-state index in [9.17, 15) is 4.79 Å². The zero-order valence-corrected chi connectivity index (χ0v) is 11.4. The second kappa shape index (κ2) is 6.56. The van der Waals surface area contributed by atoms with Crippen LogP contribution in [0.25, 0.3) is 0 Å². The molecule has 0 fully saturated rings. The lowest BCUT2D eigenvalue weighted by Crippen LogP contribution is -2.15. The van der Waals surface area contributed by atoms with E-state index in [1.54, 1.807) is 50.9 Å². The summed E-state index contributed by atoms with van der Waals surface area (Å²) in [4.78, 5) is 16.0. The third kappa shape index (κ3) is 3.47. The fourth-order valence-corrected chi connectivity index (χ4v) is 1.78. The summed E-state index contributed by atoms with van der Waals surface area (Å²) in [7, 11) is 3.13. The van der Waals surface area contributed by atoms with Crippen LogP contribution in [0.15, 0.2) is 42.7 Å². The minimum absolute atomic E-state index is 0.124. The highest BCUT2D eigenvalue weighted by Gasteiger charge is 2.09. The smallest absolute Gasteiger partial charge is 0.228 e. The van der Waals surface area contributed by atoms with Crippen molar-refractivity contribution in [1.82, 2.24) is 4.98 Å². The molecule has 2 rings (SSSR count). The number of methoxy groups -OCH3 is 2. The third-order valence-corrected chi connectivity index (χ3v) is 2.77. The molecule has 0 saturated carbocycles. The van der Waals surface area contributed by atoms with E-state index >= 15 is 0 Å². The van der Waals surface area contributed by atoms with E-state index in [2.05, 4.69) is 10.3 Å². The van der Waals surface area contributed by atoms with Gasteiger partial charge >= 0.3 is 0 Å². The van der Waals surface area contributed by atoms with Gasteiger partial charge in [-0.25, -0.2) is 0 Å². The summed E-state index contributed by atoms with van der Waals surface area (Å²) in [6.45, 7) is 0. The van der Waals surface area contributed by atoms with Gasteiger partial charge in [0, 0.05) is 18.5 Å². The Morgan fingerprint density at radius 2 is 2.10 bits per heavy atom. The Bertz CT molecular complexity index is 585. The van der Waals surface area contributed by atoms with E-state index in [-0.39, 0.29) is 12.3 Å². The fraction of sp³-hybridized carbons (Fsp3) is 0.200. The number of carbonyl (C=O) groups is 1. The van der Waals surface area contributed by atoms with Crippen LogP contribution in [0.4, 0.5) is 5.69 Å². The first-order valence-electron chi connectivity index (χ1n) is 6.13. The summed E-state index contributed by atoms with van der Waals surface area (Å²) in [5.74, 6) is 1.11. The van der Waals surface area contributed by atoms with Crippen LogP contribution in [0.2, 0.25) is 0 Å². The molecule has 1 aromatic heterocycles. The number of ether oxygens (including phenoxy) is 2. The monoisotopic (exact) mass is 272 g/mol. The van der Waals surface area contributed by atoms with Crippen LogP contribution in [-0.2, 0) is 11.2 Å². The normalized spacial score (nSPS) is 9.90. The van der Waals surface area contributed by atoms with Crippen LogP contribution in [0, 0.1) is 0 Å². The summed E-state index contributed by atoms with van der Waals surface area (Å²) in [5, 5.41) is 2.81. The van der Waals surface area contributed by atoms with Gasteiger partial charge in [0.25, 0.3) is 0 Å². The molecule has 0 unspecified atom stereocenters. The van der Waals surface area contributed by atoms with Crippen LogP contribution < -0.4 is 14.8 Å². The Kier molecular flexibility index (Phi) is 4.55. The van der Waals surface area contributed by atoms with Crippen LogP contribution >= 0.6 is 0 Å². The summed E-state index contributed by atoms with van der Waals surface area (Å²) >= 11 is 0. The van der Waals surface area contributed by atoms with Crippen molar-refractivity contribution in [1.29, 1.82) is 0 Å². The van der Waals surface area contributed by atoms with Crippen molar-refractivity contribution in [3.63, 3.8) is 0 Å². The van der Waals surface area contributed by atoms with Gasteiger partial charge in [-0.2, -0.15) is 0 Å². The van der Waals surface area contributed by atoms with Crippen molar-refractivity contribution in [2.75, 3.05) is 19.5 Å². The van der Waals surface area contributed by atoms with E-state index in [0.29, 0.717) is 17.2 Å². The number of rotatable bonds is 5. The average Bonchev–Trinajstić information content (AvgIpc) is 2.48. The molecule has 0 aliphatic heterocycles. The maximum absolute atomic E-state index is 12.0. The van der Waals surface area contributed by atoms with Crippen molar-refractivity contribution in [3.8, 4) is 11.5 Å². The molecule has 1 N–H and O–H groups in total. The molecule has 0 spiro atoms. The van der Waals surface area contributed by atoms with Crippen LogP contribution in [0.5, 0.6) is 11.5 Å². The first-order valence-corrected chi connectivity index (χ1v) is 6.13. The number of amides is 1. The lowest BCUT2D eigenvalue weighted by atomic mass is 10.2. The molecule has 20 heavy (non-hydrogen) atoms. The van der Waals surface area contributed by atoms with Crippen LogP contribution in [0.1, 0.15) is 5.56 Å². The summed E-state index contributed by atoms with van der Waals surface area (Å²) in [5.41, 5.74) is 1.47. The standard InChI is InChI=1S/C15H16N2O3/c1-19-12-5-6-13(14(9-12)20-2)17-15(18)8-11-4-3-7-16-10-11/h3-7,9-10H,8H2,1-2H3,(H,17,18). The highest BCUT2D eigenvalue weighted by molar-refractivity contribution is 5.93. The first kappa shape index (κ1) is 13.9. The van der Waals surface area contributed by atoms with Gasteiger partial charge in [0.1, 0.15) is 11.5 Å². The average molecular weight is 272 g/mol. The molecular weight excluding hydrogens is 256 g/mol. The van der Waals surface area contributed by atoms with E-state index in [4.69, 9.17) is 9.47 Å². The maximum atomic E-state index is 12.0. The lowest BCUT2D eigenvalue weighted by Gasteiger charge is -2.11. The van der Waals surface area contributed by atoms with Gasteiger partial charge in [-0.15, -0.1) is 0 Å². The van der Waals surface area contributed by atoms with Crippen LogP contribution in [-0.4, -0.2) is 25.1 Å². The molecule has 5 heteroatoms. The Morgan fingerprint density at radius 3 is 2.75 bits per heavy atom. The van der Waals surface area contributed by atoms with E-state index < -0.39 is 0 Å². The Hall–Kier alpha value is -2.56. The van der Waals surface area contributed by atoms with E-state index in [0.717, 1.165) is 5.56 Å². The third-order valence-electron chi connectivity index (χ3n) is 2.77. The molecule has 104 valence electrons. The molecule has 1 aromatic carbocycles. The molecular formula is C15H16N2O3. The number of pyridine rings is 1. The molecule has 1 heterocycles. The fourth-order valence-electron chi connectivity index (χ4n) is 1.78. The molecule has 0 aliphatic carbocycles. The topological polar surface area (TPSA) is 60.5 Å². The van der Waals surface area contributed by atoms with Gasteiger partial charge in [-0.05, 0) is 23.8 Å². The number of hydrogen-bond donors (Lipinski definition) is 1. The Morgan fingerprint density at radius 1 is 1.25 bits per heavy atom. The summed E-state index contributed by atoms with van der Waals surface area (Å²) in [6, 6.07) is 8.90. The van der Waals surface area contributed by atoms with Crippen molar-refractivity contribution < 1.29 is 14.3 Å². The minimum Gasteiger partial charge on any atom is -0.497 e. The van der Waals surface area contributed by atoms with Gasteiger partial charge < -0.3 is 14.8 Å². The molecule has 5 nitrogen and oxygen atoms in total. The number of benzene rings is 1. The molecule has 2 aromatic rings. The Labute approximate surface area is 117 Å². The highest BCUT2D eigenvalue weighted by Crippen LogP contribution is 2.29. The highest BCUT2D eigenvalue weighted by atomic mass is 16.5. The number of anilines is 1. The number of aromatic nitrogens is 1. The van der Waals surface area contributed by atoms with Gasteiger partial charge in [-0.1, -0.05) is 6.07 Å². The van der Waals surface area contributed by atoms with E-state index in [1.165, 1.54) is 0 Å². The predicted molar refractivity (Wildman–Crippen MR) is 76.1 cm³/mol.